The fourth-order valence-corrected chi connectivity index (χ4v) is 1.60. The molecule has 144 valence electrons. The van der Waals surface area contributed by atoms with Gasteiger partial charge in [-0.1, -0.05) is 58.0 Å². The van der Waals surface area contributed by atoms with E-state index in [2.05, 4.69) is 10.6 Å². The Morgan fingerprint density at radius 1 is 1.08 bits per heavy atom. The Hall–Kier alpha value is -2.21. The fraction of sp³-hybridized carbons (Fsp3) is 0.500. The topological polar surface area (TPSA) is 101 Å². The molecule has 1 rings (SSSR count). The molecule has 0 saturated carbocycles. The zero-order valence-electron chi connectivity index (χ0n) is 15.6. The van der Waals surface area contributed by atoms with Gasteiger partial charge in [0.1, 0.15) is 6.79 Å². The van der Waals surface area contributed by atoms with Crippen molar-refractivity contribution >= 4 is 18.6 Å². The number of rotatable bonds is 6. The molecule has 1 aromatic carbocycles. The third-order valence-corrected chi connectivity index (χ3v) is 2.42. The Morgan fingerprint density at radius 3 is 2.04 bits per heavy atom. The number of hydrogen-bond donors (Lipinski definition) is 3. The van der Waals surface area contributed by atoms with Gasteiger partial charge in [-0.25, -0.2) is 0 Å². The second-order valence-corrected chi connectivity index (χ2v) is 4.14. The molecule has 0 aliphatic rings. The van der Waals surface area contributed by atoms with Crippen LogP contribution < -0.4 is 16.4 Å². The van der Waals surface area contributed by atoms with Crippen LogP contribution in [0.25, 0.3) is 0 Å². The van der Waals surface area contributed by atoms with Crippen molar-refractivity contribution in [2.24, 2.45) is 5.73 Å². The van der Waals surface area contributed by atoms with E-state index in [0.29, 0.717) is 0 Å². The lowest BCUT2D eigenvalue weighted by molar-refractivity contribution is -0.125. The summed E-state index contributed by atoms with van der Waals surface area (Å²) in [5.41, 5.74) is 6.28. The van der Waals surface area contributed by atoms with E-state index >= 15 is 0 Å². The van der Waals surface area contributed by atoms with Gasteiger partial charge in [-0.15, -0.1) is 0 Å². The smallest absolute Gasteiger partial charge is 0.239 e. The molecule has 0 fully saturated rings. The molecule has 0 unspecified atom stereocenters. The lowest BCUT2D eigenvalue weighted by atomic mass is 10.1. The summed E-state index contributed by atoms with van der Waals surface area (Å²) in [5, 5.41) is 5.24. The average Bonchev–Trinajstić information content (AvgIpc) is 2.65. The third kappa shape index (κ3) is 16.2. The van der Waals surface area contributed by atoms with Crippen LogP contribution in [-0.4, -0.2) is 37.7 Å². The molecule has 0 spiro atoms. The van der Waals surface area contributed by atoms with E-state index in [1.807, 2.05) is 71.7 Å². The number of carbonyl (C=O) groups excluding carboxylic acids is 3. The largest absolute Gasteiger partial charge is 0.352 e. The fourth-order valence-electron chi connectivity index (χ4n) is 1.60. The van der Waals surface area contributed by atoms with Crippen molar-refractivity contribution in [1.82, 2.24) is 10.6 Å². The number of amides is 2. The van der Waals surface area contributed by atoms with Gasteiger partial charge in [0.25, 0.3) is 0 Å². The van der Waals surface area contributed by atoms with Gasteiger partial charge in [0.15, 0.2) is 0 Å². The molecule has 1 aromatic rings. The maximum Gasteiger partial charge on any atom is 0.239 e. The van der Waals surface area contributed by atoms with Crippen LogP contribution in [0.1, 0.15) is 44.5 Å². The Balaban J connectivity index is -0.000000111. The Labute approximate surface area is 150 Å². The van der Waals surface area contributed by atoms with Crippen molar-refractivity contribution in [3.05, 3.63) is 35.9 Å². The minimum Gasteiger partial charge on any atom is -0.352 e. The second kappa shape index (κ2) is 20.8. The van der Waals surface area contributed by atoms with Gasteiger partial charge < -0.3 is 21.2 Å². The predicted octanol–water partition coefficient (Wildman–Crippen LogP) is 2.41. The molecule has 1 atom stereocenters. The van der Waals surface area contributed by atoms with E-state index in [9.17, 15) is 9.59 Å². The summed E-state index contributed by atoms with van der Waals surface area (Å²) in [7, 11) is 0. The van der Waals surface area contributed by atoms with Crippen LogP contribution in [0.4, 0.5) is 0 Å². The minimum atomic E-state index is -0.333. The normalized spacial score (nSPS) is 9.42. The first-order chi connectivity index (χ1) is 11.6. The molecule has 0 heterocycles. The molecule has 6 nitrogen and oxygen atoms in total. The first-order valence-corrected chi connectivity index (χ1v) is 8.20. The SMILES string of the molecule is C=O.CC.CC.C[C@H](Cc1ccccc1)NC(=O)CNC(=O)CN.[HH].[HH].[HH]. The third-order valence-electron chi connectivity index (χ3n) is 2.42. The van der Waals surface area contributed by atoms with E-state index in [0.717, 1.165) is 12.0 Å². The molecule has 0 aliphatic carbocycles. The summed E-state index contributed by atoms with van der Waals surface area (Å²) in [6, 6.07) is 9.93. The van der Waals surface area contributed by atoms with Gasteiger partial charge >= 0.3 is 0 Å². The number of benzene rings is 1. The zero-order valence-corrected chi connectivity index (χ0v) is 15.6. The highest BCUT2D eigenvalue weighted by molar-refractivity contribution is 5.85. The molecule has 0 aliphatic heterocycles. The number of hydrogen-bond acceptors (Lipinski definition) is 4. The Kier molecular flexibility index (Phi) is 23.1. The molecule has 0 bridgehead atoms. The molecule has 0 saturated heterocycles. The monoisotopic (exact) mass is 345 g/mol. The summed E-state index contributed by atoms with van der Waals surface area (Å²) in [5.74, 6) is -0.541. The molecular formula is C18H39N3O3. The van der Waals surface area contributed by atoms with Gasteiger partial charge in [0.05, 0.1) is 13.1 Å². The highest BCUT2D eigenvalue weighted by atomic mass is 16.2. The van der Waals surface area contributed by atoms with Gasteiger partial charge in [-0.3, -0.25) is 9.59 Å². The van der Waals surface area contributed by atoms with Gasteiger partial charge in [0, 0.05) is 10.3 Å². The highest BCUT2D eigenvalue weighted by Crippen LogP contribution is 2.02. The van der Waals surface area contributed by atoms with Crippen LogP contribution in [0, 0.1) is 0 Å². The Morgan fingerprint density at radius 2 is 1.58 bits per heavy atom. The number of nitrogens with two attached hydrogens (primary N) is 1. The van der Waals surface area contributed by atoms with Gasteiger partial charge in [-0.05, 0) is 18.9 Å². The molecular weight excluding hydrogens is 306 g/mol. The molecule has 24 heavy (non-hydrogen) atoms. The van der Waals surface area contributed by atoms with Crippen LogP contribution >= 0.6 is 0 Å². The summed E-state index contributed by atoms with van der Waals surface area (Å²) in [6.07, 6.45) is 0.761. The minimum absolute atomic E-state index is 0. The number of nitrogens with one attached hydrogen (secondary N) is 2. The van der Waals surface area contributed by atoms with E-state index in [1.54, 1.807) is 0 Å². The van der Waals surface area contributed by atoms with Crippen molar-refractivity contribution < 1.29 is 18.7 Å². The van der Waals surface area contributed by atoms with E-state index in [1.165, 1.54) is 0 Å². The summed E-state index contributed by atoms with van der Waals surface area (Å²) >= 11 is 0. The first kappa shape index (κ1) is 26.7. The van der Waals surface area contributed by atoms with E-state index < -0.39 is 0 Å². The van der Waals surface area contributed by atoms with Crippen molar-refractivity contribution in [1.29, 1.82) is 0 Å². The number of carbonyl (C=O) groups is 3. The first-order valence-electron chi connectivity index (χ1n) is 8.20. The Bertz CT molecular complexity index is 425. The van der Waals surface area contributed by atoms with Crippen LogP contribution in [-0.2, 0) is 20.8 Å². The zero-order chi connectivity index (χ0) is 19.4. The molecule has 0 radical (unpaired) electrons. The average molecular weight is 346 g/mol. The van der Waals surface area contributed by atoms with Crippen molar-refractivity contribution in [3.8, 4) is 0 Å². The summed E-state index contributed by atoms with van der Waals surface area (Å²) in [6.45, 7) is 11.8. The molecule has 2 amide bonds. The molecule has 6 heteroatoms. The van der Waals surface area contributed by atoms with E-state index in [-0.39, 0.29) is 35.2 Å². The van der Waals surface area contributed by atoms with Crippen molar-refractivity contribution in [2.45, 2.75) is 47.1 Å². The quantitative estimate of drug-likeness (QED) is 0.737. The van der Waals surface area contributed by atoms with Crippen LogP contribution in [0.2, 0.25) is 0 Å². The molecule has 4 N–H and O–H groups in total. The summed E-state index contributed by atoms with van der Waals surface area (Å²) in [4.78, 5) is 30.4. The summed E-state index contributed by atoms with van der Waals surface area (Å²) < 4.78 is 0. The van der Waals surface area contributed by atoms with Crippen LogP contribution in [0.15, 0.2) is 30.3 Å². The van der Waals surface area contributed by atoms with Crippen molar-refractivity contribution in [2.75, 3.05) is 13.1 Å². The van der Waals surface area contributed by atoms with Crippen LogP contribution in [0.3, 0.4) is 0 Å². The van der Waals surface area contributed by atoms with E-state index in [4.69, 9.17) is 10.5 Å². The second-order valence-electron chi connectivity index (χ2n) is 4.14. The maximum atomic E-state index is 11.5. The lowest BCUT2D eigenvalue weighted by Crippen LogP contribution is -2.43. The maximum absolute atomic E-state index is 11.5. The van der Waals surface area contributed by atoms with Crippen LogP contribution in [0.5, 0.6) is 0 Å². The molecule has 0 aromatic heterocycles. The van der Waals surface area contributed by atoms with Crippen molar-refractivity contribution in [3.63, 3.8) is 0 Å². The van der Waals surface area contributed by atoms with Gasteiger partial charge in [-0.2, -0.15) is 0 Å². The van der Waals surface area contributed by atoms with Gasteiger partial charge in [0.2, 0.25) is 11.8 Å². The highest BCUT2D eigenvalue weighted by Gasteiger charge is 2.08. The standard InChI is InChI=1S/C13H19N3O2.2C2H6.CH2O.3H2/c1-10(7-11-5-3-2-4-6-11)16-13(18)9-15-12(17)8-14;3*1-2;;;/h2-6,10H,7-9,14H2,1H3,(H,15,17)(H,16,18);2*1-2H3;1H2;3*1H/t10-;;;;;;/m1....../s1. The predicted molar refractivity (Wildman–Crippen MR) is 106 cm³/mol. The lowest BCUT2D eigenvalue weighted by Gasteiger charge is -2.14.